The van der Waals surface area contributed by atoms with Gasteiger partial charge in [-0.2, -0.15) is 0 Å². The Balaban J connectivity index is 1.80. The summed E-state index contributed by atoms with van der Waals surface area (Å²) < 4.78 is 10.5. The van der Waals surface area contributed by atoms with Crippen molar-refractivity contribution in [1.29, 1.82) is 0 Å². The van der Waals surface area contributed by atoms with Crippen LogP contribution in [0.2, 0.25) is 0 Å². The number of carbonyl (C=O) groups is 2. The van der Waals surface area contributed by atoms with Crippen LogP contribution in [0.5, 0.6) is 5.75 Å². The minimum Gasteiger partial charge on any atom is -0.496 e. The zero-order chi connectivity index (χ0) is 19.4. The number of ether oxygens (including phenoxy) is 2. The average Bonchev–Trinajstić information content (AvgIpc) is 2.99. The predicted molar refractivity (Wildman–Crippen MR) is 107 cm³/mol. The first-order valence-corrected chi connectivity index (χ1v) is 10.1. The first-order valence-electron chi connectivity index (χ1n) is 9.28. The zero-order valence-electron chi connectivity index (χ0n) is 16.0. The first kappa shape index (κ1) is 19.4. The highest BCUT2D eigenvalue weighted by Gasteiger charge is 2.27. The van der Waals surface area contributed by atoms with Crippen LogP contribution in [-0.4, -0.2) is 25.6 Å². The summed E-state index contributed by atoms with van der Waals surface area (Å²) >= 11 is 1.51. The summed E-state index contributed by atoms with van der Waals surface area (Å²) in [4.78, 5) is 26.3. The van der Waals surface area contributed by atoms with Gasteiger partial charge in [0.25, 0.3) is 0 Å². The summed E-state index contributed by atoms with van der Waals surface area (Å²) in [6.07, 6.45) is 4.26. The second kappa shape index (κ2) is 8.57. The summed E-state index contributed by atoms with van der Waals surface area (Å²) in [5.74, 6) is 0.325. The van der Waals surface area contributed by atoms with Crippen molar-refractivity contribution in [3.63, 3.8) is 0 Å². The number of thiophene rings is 1. The van der Waals surface area contributed by atoms with Gasteiger partial charge < -0.3 is 14.8 Å². The number of carbonyl (C=O) groups excluding carboxylic acids is 2. The largest absolute Gasteiger partial charge is 0.496 e. The van der Waals surface area contributed by atoms with Crippen molar-refractivity contribution in [2.75, 3.05) is 19.0 Å². The van der Waals surface area contributed by atoms with Crippen molar-refractivity contribution in [2.24, 2.45) is 0 Å². The maximum absolute atomic E-state index is 12.6. The molecule has 1 N–H and O–H groups in total. The molecule has 0 saturated heterocycles. The number of hydrogen-bond acceptors (Lipinski definition) is 5. The van der Waals surface area contributed by atoms with Crippen LogP contribution in [0.4, 0.5) is 5.00 Å². The van der Waals surface area contributed by atoms with E-state index in [0.29, 0.717) is 17.2 Å². The van der Waals surface area contributed by atoms with Gasteiger partial charge >= 0.3 is 5.97 Å². The summed E-state index contributed by atoms with van der Waals surface area (Å²) in [7, 11) is 1.63. The molecule has 0 aliphatic heterocycles. The van der Waals surface area contributed by atoms with E-state index in [2.05, 4.69) is 5.32 Å². The number of nitrogens with one attached hydrogen (secondary N) is 1. The molecule has 6 heteroatoms. The lowest BCUT2D eigenvalue weighted by Crippen LogP contribution is -2.17. The molecule has 0 spiro atoms. The van der Waals surface area contributed by atoms with Gasteiger partial charge in [0.1, 0.15) is 10.8 Å². The highest BCUT2D eigenvalue weighted by molar-refractivity contribution is 7.17. The molecule has 27 heavy (non-hydrogen) atoms. The molecule has 0 saturated carbocycles. The number of rotatable bonds is 6. The minimum atomic E-state index is -0.340. The van der Waals surface area contributed by atoms with Gasteiger partial charge in [-0.1, -0.05) is 12.1 Å². The van der Waals surface area contributed by atoms with Crippen molar-refractivity contribution in [3.8, 4) is 5.75 Å². The van der Waals surface area contributed by atoms with Gasteiger partial charge in [0.05, 0.1) is 25.7 Å². The maximum Gasteiger partial charge on any atom is 0.341 e. The lowest BCUT2D eigenvalue weighted by Gasteiger charge is -2.12. The average molecular weight is 388 g/mol. The maximum atomic E-state index is 12.6. The lowest BCUT2D eigenvalue weighted by molar-refractivity contribution is -0.115. The number of fused-ring (bicyclic) bond motifs is 1. The van der Waals surface area contributed by atoms with E-state index in [1.807, 2.05) is 25.1 Å². The third-order valence-corrected chi connectivity index (χ3v) is 5.93. The molecule has 1 aromatic carbocycles. The van der Waals surface area contributed by atoms with Gasteiger partial charge in [-0.25, -0.2) is 4.79 Å². The van der Waals surface area contributed by atoms with E-state index in [1.54, 1.807) is 14.0 Å². The summed E-state index contributed by atoms with van der Waals surface area (Å²) in [6, 6.07) is 5.70. The Morgan fingerprint density at radius 2 is 2.00 bits per heavy atom. The number of amides is 1. The molecule has 1 aliphatic rings. The minimum absolute atomic E-state index is 0.135. The van der Waals surface area contributed by atoms with Crippen molar-refractivity contribution in [1.82, 2.24) is 0 Å². The molecule has 5 nitrogen and oxygen atoms in total. The molecule has 1 amide bonds. The van der Waals surface area contributed by atoms with Crippen LogP contribution in [0.25, 0.3) is 0 Å². The molecule has 0 unspecified atom stereocenters. The third kappa shape index (κ3) is 4.33. The topological polar surface area (TPSA) is 64.6 Å². The number of aryl methyl sites for hydroxylation is 2. The predicted octanol–water partition coefficient (Wildman–Crippen LogP) is 4.30. The quantitative estimate of drug-likeness (QED) is 0.751. The zero-order valence-corrected chi connectivity index (χ0v) is 16.8. The van der Waals surface area contributed by atoms with E-state index in [0.717, 1.165) is 48.1 Å². The molecular weight excluding hydrogens is 362 g/mol. The molecule has 0 atom stereocenters. The molecule has 2 aromatic rings. The molecule has 0 fully saturated rings. The van der Waals surface area contributed by atoms with Crippen molar-refractivity contribution in [3.05, 3.63) is 45.3 Å². The van der Waals surface area contributed by atoms with Crippen molar-refractivity contribution >= 4 is 28.2 Å². The second-order valence-electron chi connectivity index (χ2n) is 6.66. The summed E-state index contributed by atoms with van der Waals surface area (Å²) in [5.41, 5.74) is 3.50. The van der Waals surface area contributed by atoms with E-state index >= 15 is 0 Å². The molecule has 1 aliphatic carbocycles. The standard InChI is InChI=1S/C21H25NO4S/c1-4-26-21(24)19-15-7-5-6-8-17(15)27-20(19)22-18(23)12-14-9-10-16(25-3)13(2)11-14/h9-11H,4-8,12H2,1-3H3,(H,22,23). The van der Waals surface area contributed by atoms with Gasteiger partial charge in [-0.05, 0) is 62.3 Å². The molecule has 0 bridgehead atoms. The lowest BCUT2D eigenvalue weighted by atomic mass is 9.95. The van der Waals surface area contributed by atoms with Crippen LogP contribution in [0, 0.1) is 6.92 Å². The molecule has 3 rings (SSSR count). The Hall–Kier alpha value is -2.34. The fourth-order valence-corrected chi connectivity index (χ4v) is 4.77. The monoisotopic (exact) mass is 387 g/mol. The molecule has 1 heterocycles. The van der Waals surface area contributed by atoms with Gasteiger partial charge in [0, 0.05) is 4.88 Å². The van der Waals surface area contributed by atoms with Crippen LogP contribution < -0.4 is 10.1 Å². The van der Waals surface area contributed by atoms with Gasteiger partial charge in [-0.15, -0.1) is 11.3 Å². The van der Waals surface area contributed by atoms with Gasteiger partial charge in [0.15, 0.2) is 0 Å². The van der Waals surface area contributed by atoms with Crippen LogP contribution >= 0.6 is 11.3 Å². The van der Waals surface area contributed by atoms with Crippen LogP contribution in [0.15, 0.2) is 18.2 Å². The molecule has 1 aromatic heterocycles. The number of methoxy groups -OCH3 is 1. The molecule has 0 radical (unpaired) electrons. The summed E-state index contributed by atoms with van der Waals surface area (Å²) in [5, 5.41) is 3.57. The number of hydrogen-bond donors (Lipinski definition) is 1. The third-order valence-electron chi connectivity index (χ3n) is 4.73. The second-order valence-corrected chi connectivity index (χ2v) is 7.77. The molecular formula is C21H25NO4S. The summed E-state index contributed by atoms with van der Waals surface area (Å²) in [6.45, 7) is 4.06. The Bertz CT molecular complexity index is 856. The number of esters is 1. The van der Waals surface area contributed by atoms with E-state index in [9.17, 15) is 9.59 Å². The first-order chi connectivity index (χ1) is 13.0. The van der Waals surface area contributed by atoms with E-state index in [4.69, 9.17) is 9.47 Å². The highest BCUT2D eigenvalue weighted by atomic mass is 32.1. The van der Waals surface area contributed by atoms with E-state index < -0.39 is 0 Å². The number of anilines is 1. The fourth-order valence-electron chi connectivity index (χ4n) is 3.48. The van der Waals surface area contributed by atoms with Crippen LogP contribution in [-0.2, 0) is 28.8 Å². The smallest absolute Gasteiger partial charge is 0.341 e. The fraction of sp³-hybridized carbons (Fsp3) is 0.429. The van der Waals surface area contributed by atoms with Crippen LogP contribution in [0.3, 0.4) is 0 Å². The Morgan fingerprint density at radius 1 is 1.22 bits per heavy atom. The van der Waals surface area contributed by atoms with Gasteiger partial charge in [0.2, 0.25) is 5.91 Å². The van der Waals surface area contributed by atoms with Crippen molar-refractivity contribution in [2.45, 2.75) is 46.0 Å². The Kier molecular flexibility index (Phi) is 6.16. The Labute approximate surface area is 163 Å². The van der Waals surface area contributed by atoms with Gasteiger partial charge in [-0.3, -0.25) is 4.79 Å². The number of benzene rings is 1. The highest BCUT2D eigenvalue weighted by Crippen LogP contribution is 2.38. The van der Waals surface area contributed by atoms with Crippen molar-refractivity contribution < 1.29 is 19.1 Å². The molecule has 144 valence electrons. The van der Waals surface area contributed by atoms with E-state index in [1.165, 1.54) is 16.2 Å². The SMILES string of the molecule is CCOC(=O)c1c(NC(=O)Cc2ccc(OC)c(C)c2)sc2c1CCCC2. The Morgan fingerprint density at radius 3 is 2.70 bits per heavy atom. The van der Waals surface area contributed by atoms with Crippen LogP contribution in [0.1, 0.15) is 51.7 Å². The normalized spacial score (nSPS) is 13.0. The van der Waals surface area contributed by atoms with E-state index in [-0.39, 0.29) is 18.3 Å².